The molecule has 15 heavy (non-hydrogen) atoms. The van der Waals surface area contributed by atoms with Gasteiger partial charge in [0.25, 0.3) is 0 Å². The van der Waals surface area contributed by atoms with Crippen LogP contribution < -0.4 is 0 Å². The van der Waals surface area contributed by atoms with Crippen molar-refractivity contribution in [3.05, 3.63) is 0 Å². The van der Waals surface area contributed by atoms with Crippen LogP contribution in [0.3, 0.4) is 0 Å². The summed E-state index contributed by atoms with van der Waals surface area (Å²) in [5.74, 6) is -1.57. The van der Waals surface area contributed by atoms with Gasteiger partial charge in [0.1, 0.15) is 13.0 Å². The van der Waals surface area contributed by atoms with Crippen LogP contribution in [0.4, 0.5) is 0 Å². The fraction of sp³-hybridized carbons (Fsp3) is 0.778. The highest BCUT2D eigenvalue weighted by Gasteiger charge is 2.37. The Balaban J connectivity index is 4.69. The van der Waals surface area contributed by atoms with Crippen LogP contribution in [0.25, 0.3) is 0 Å². The summed E-state index contributed by atoms with van der Waals surface area (Å²) in [6, 6.07) is 0. The van der Waals surface area contributed by atoms with Crippen LogP contribution in [-0.4, -0.2) is 54.1 Å². The van der Waals surface area contributed by atoms with Crippen LogP contribution in [0.1, 0.15) is 13.3 Å². The molecule has 0 aromatic heterocycles. The fourth-order valence-corrected chi connectivity index (χ4v) is 2.06. The number of carbonyl (C=O) groups excluding carboxylic acids is 1. The second-order valence-electron chi connectivity index (χ2n) is 4.56. The molecule has 0 radical (unpaired) electrons. The van der Waals surface area contributed by atoms with Gasteiger partial charge in [0.2, 0.25) is 4.93 Å². The molecule has 1 N–H and O–H groups in total. The second-order valence-corrected chi connectivity index (χ2v) is 5.37. The van der Waals surface area contributed by atoms with Crippen molar-refractivity contribution in [3.63, 3.8) is 0 Å². The molecular weight excluding hydrogens is 218 g/mol. The van der Waals surface area contributed by atoms with Gasteiger partial charge in [-0.15, -0.1) is 12.6 Å². The maximum atomic E-state index is 10.9. The Hall–Kier alpha value is -0.750. The van der Waals surface area contributed by atoms with Crippen molar-refractivity contribution in [1.82, 2.24) is 0 Å². The van der Waals surface area contributed by atoms with Crippen LogP contribution in [0.2, 0.25) is 0 Å². The number of esters is 1. The summed E-state index contributed by atoms with van der Waals surface area (Å²) in [6.45, 7) is 1.56. The van der Waals surface area contributed by atoms with E-state index < -0.39 is 16.9 Å². The van der Waals surface area contributed by atoms with Crippen LogP contribution in [0.15, 0.2) is 0 Å². The summed E-state index contributed by atoms with van der Waals surface area (Å²) in [4.78, 5) is 20.2. The molecule has 88 valence electrons. The molecule has 0 aliphatic rings. The van der Waals surface area contributed by atoms with Crippen LogP contribution in [0, 0.1) is 0 Å². The monoisotopic (exact) mass is 236 g/mol. The maximum absolute atomic E-state index is 10.9. The van der Waals surface area contributed by atoms with Crippen LogP contribution in [0.5, 0.6) is 0 Å². The lowest BCUT2D eigenvalue weighted by molar-refractivity contribution is -0.874. The summed E-state index contributed by atoms with van der Waals surface area (Å²) in [7, 11) is 5.61. The third-order valence-corrected chi connectivity index (χ3v) is 1.87. The lowest BCUT2D eigenvalue weighted by atomic mass is 10.2. The molecule has 0 bridgehead atoms. The molecule has 0 amide bonds. The van der Waals surface area contributed by atoms with E-state index in [0.717, 1.165) is 0 Å². The van der Waals surface area contributed by atoms with Gasteiger partial charge in [0.15, 0.2) is 0 Å². The van der Waals surface area contributed by atoms with Gasteiger partial charge in [0.05, 0.1) is 21.1 Å². The van der Waals surface area contributed by atoms with Crippen LogP contribution >= 0.6 is 12.6 Å². The number of quaternary nitrogens is 1. The molecule has 0 aromatic rings. The van der Waals surface area contributed by atoms with E-state index in [9.17, 15) is 9.59 Å². The summed E-state index contributed by atoms with van der Waals surface area (Å²) in [5, 5.41) is 8.71. The first kappa shape index (κ1) is 14.2. The molecule has 0 heterocycles. The molecule has 0 aliphatic carbocycles. The Labute approximate surface area is 95.0 Å². The summed E-state index contributed by atoms with van der Waals surface area (Å²) >= 11 is 4.15. The number of rotatable bonds is 5. The number of ether oxygens (including phenoxy) is 1. The minimum absolute atomic E-state index is 0.314. The number of thiol groups is 1. The average Bonchev–Trinajstić information content (AvgIpc) is 1.73. The Morgan fingerprint density at radius 3 is 2.13 bits per heavy atom. The number of likely N-dealkylation sites (N-methyl/N-ethyl adjacent to an activating group) is 1. The largest absolute Gasteiger partial charge is 0.481 e. The van der Waals surface area contributed by atoms with Crippen molar-refractivity contribution in [3.8, 4) is 0 Å². The van der Waals surface area contributed by atoms with Crippen molar-refractivity contribution < 1.29 is 23.9 Å². The van der Waals surface area contributed by atoms with E-state index >= 15 is 0 Å². The Morgan fingerprint density at radius 1 is 1.40 bits per heavy atom. The fourth-order valence-electron chi connectivity index (χ4n) is 1.37. The summed E-state index contributed by atoms with van der Waals surface area (Å²) in [5.41, 5.74) is 0. The first-order chi connectivity index (χ1) is 6.54. The minimum Gasteiger partial charge on any atom is -0.481 e. The van der Waals surface area contributed by atoms with Crippen LogP contribution in [-0.2, 0) is 14.3 Å². The number of carboxylic acids is 1. The van der Waals surface area contributed by atoms with Crippen molar-refractivity contribution in [1.29, 1.82) is 0 Å². The zero-order chi connectivity index (χ0) is 12.3. The number of hydrogen-bond acceptors (Lipinski definition) is 4. The Bertz CT molecular complexity index is 243. The van der Waals surface area contributed by atoms with E-state index in [1.54, 1.807) is 0 Å². The quantitative estimate of drug-likeness (QED) is 0.313. The summed E-state index contributed by atoms with van der Waals surface area (Å²) < 4.78 is 5.42. The molecule has 6 heteroatoms. The molecule has 0 rings (SSSR count). The van der Waals surface area contributed by atoms with Gasteiger partial charge >= 0.3 is 11.9 Å². The van der Waals surface area contributed by atoms with Gasteiger partial charge in [0, 0.05) is 6.92 Å². The van der Waals surface area contributed by atoms with Gasteiger partial charge in [-0.05, 0) is 0 Å². The SMILES string of the molecule is CC(=O)OC(S)(CC(=O)O)C[N+](C)(C)C. The predicted octanol–water partition coefficient (Wildman–Crippen LogP) is 0.357. The number of nitrogens with zero attached hydrogens (tertiary/aromatic N) is 1. The molecule has 0 aromatic carbocycles. The van der Waals surface area contributed by atoms with E-state index in [1.807, 2.05) is 21.1 Å². The first-order valence-corrected chi connectivity index (χ1v) is 4.93. The molecule has 0 aliphatic heterocycles. The lowest BCUT2D eigenvalue weighted by Gasteiger charge is -2.34. The summed E-state index contributed by atoms with van der Waals surface area (Å²) in [6.07, 6.45) is -0.314. The molecule has 0 spiro atoms. The lowest BCUT2D eigenvalue weighted by Crippen LogP contribution is -2.49. The maximum Gasteiger partial charge on any atom is 0.308 e. The molecule has 0 saturated heterocycles. The number of hydrogen-bond donors (Lipinski definition) is 2. The Morgan fingerprint density at radius 2 is 1.87 bits per heavy atom. The standard InChI is InChI=1S/C9H17NO4S/c1-7(11)14-9(15,5-8(12)13)6-10(2,3)4/h5-6H2,1-4H3,(H-,12,13,15)/p+1. The normalized spacial score (nSPS) is 15.5. The molecule has 1 atom stereocenters. The van der Waals surface area contributed by atoms with Crippen molar-refractivity contribution in [2.24, 2.45) is 0 Å². The highest BCUT2D eigenvalue weighted by Crippen LogP contribution is 2.24. The van der Waals surface area contributed by atoms with Gasteiger partial charge in [-0.3, -0.25) is 9.59 Å². The van der Waals surface area contributed by atoms with Gasteiger partial charge in [-0.1, -0.05) is 0 Å². The molecule has 0 fully saturated rings. The zero-order valence-electron chi connectivity index (χ0n) is 9.48. The first-order valence-electron chi connectivity index (χ1n) is 4.48. The second kappa shape index (κ2) is 4.85. The van der Waals surface area contributed by atoms with Crippen molar-refractivity contribution in [2.75, 3.05) is 27.7 Å². The van der Waals surface area contributed by atoms with E-state index in [2.05, 4.69) is 12.6 Å². The number of carboxylic acid groups (broad SMARTS) is 1. The third-order valence-electron chi connectivity index (χ3n) is 1.48. The Kier molecular flexibility index (Phi) is 4.61. The molecule has 5 nitrogen and oxygen atoms in total. The van der Waals surface area contributed by atoms with E-state index in [0.29, 0.717) is 11.0 Å². The zero-order valence-corrected chi connectivity index (χ0v) is 10.4. The topological polar surface area (TPSA) is 63.6 Å². The smallest absolute Gasteiger partial charge is 0.308 e. The van der Waals surface area contributed by atoms with Crippen molar-refractivity contribution in [2.45, 2.75) is 18.3 Å². The average molecular weight is 236 g/mol. The predicted molar refractivity (Wildman–Crippen MR) is 58.6 cm³/mol. The van der Waals surface area contributed by atoms with Gasteiger partial charge < -0.3 is 14.3 Å². The molecular formula is C9H18NO4S+. The van der Waals surface area contributed by atoms with Crippen molar-refractivity contribution >= 4 is 24.6 Å². The molecule has 1 unspecified atom stereocenters. The van der Waals surface area contributed by atoms with E-state index in [1.165, 1.54) is 6.92 Å². The van der Waals surface area contributed by atoms with E-state index in [4.69, 9.17) is 9.84 Å². The number of aliphatic carboxylic acids is 1. The highest BCUT2D eigenvalue weighted by atomic mass is 32.1. The number of carbonyl (C=O) groups is 2. The van der Waals surface area contributed by atoms with Gasteiger partial charge in [-0.25, -0.2) is 0 Å². The molecule has 0 saturated carbocycles. The third kappa shape index (κ3) is 7.21. The van der Waals surface area contributed by atoms with E-state index in [-0.39, 0.29) is 6.42 Å². The minimum atomic E-state index is -1.25. The highest BCUT2D eigenvalue weighted by molar-refractivity contribution is 7.81. The van der Waals surface area contributed by atoms with Gasteiger partial charge in [-0.2, -0.15) is 0 Å².